The van der Waals surface area contributed by atoms with Gasteiger partial charge in [0.15, 0.2) is 9.84 Å². The van der Waals surface area contributed by atoms with Crippen molar-refractivity contribution in [2.45, 2.75) is 52.2 Å². The number of sulfone groups is 1. The number of carbonyl (C=O) groups excluding carboxylic acids is 1. The first-order valence-electron chi connectivity index (χ1n) is 6.86. The predicted molar refractivity (Wildman–Crippen MR) is 76.8 cm³/mol. The highest BCUT2D eigenvalue weighted by Crippen LogP contribution is 2.17. The number of nitrogens with zero attached hydrogens (tertiary/aromatic N) is 2. The predicted octanol–water partition coefficient (Wildman–Crippen LogP) is 0.751. The normalized spacial score (nSPS) is 22.4. The number of hydrogen-bond acceptors (Lipinski definition) is 4. The maximum Gasteiger partial charge on any atom is 0.237 e. The van der Waals surface area contributed by atoms with Gasteiger partial charge in [0.25, 0.3) is 0 Å². The standard InChI is InChI=1S/C13H26N2O3S/c1-10(2)15(11(3)4)13(16)8-14(5)12-6-7-19(17,18)9-12/h10-12H,6-9H2,1-5H3/t12-/m1/s1. The van der Waals surface area contributed by atoms with Crippen LogP contribution in [0.4, 0.5) is 0 Å². The van der Waals surface area contributed by atoms with E-state index in [9.17, 15) is 13.2 Å². The van der Waals surface area contributed by atoms with Crippen molar-refractivity contribution in [1.82, 2.24) is 9.80 Å². The molecule has 112 valence electrons. The summed E-state index contributed by atoms with van der Waals surface area (Å²) in [5.74, 6) is 0.491. The molecule has 0 unspecified atom stereocenters. The van der Waals surface area contributed by atoms with Crippen LogP contribution in [0.5, 0.6) is 0 Å². The number of likely N-dealkylation sites (N-methyl/N-ethyl adjacent to an activating group) is 1. The molecular formula is C13H26N2O3S. The fraction of sp³-hybridized carbons (Fsp3) is 0.923. The Labute approximate surface area is 116 Å². The molecule has 1 aliphatic heterocycles. The first-order chi connectivity index (χ1) is 8.64. The summed E-state index contributed by atoms with van der Waals surface area (Å²) in [6, 6.07) is 0.302. The van der Waals surface area contributed by atoms with Gasteiger partial charge in [-0.2, -0.15) is 0 Å². The summed E-state index contributed by atoms with van der Waals surface area (Å²) in [5, 5.41) is 0. The number of rotatable bonds is 5. The summed E-state index contributed by atoms with van der Waals surface area (Å²) in [7, 11) is -1.06. The molecule has 0 N–H and O–H groups in total. The van der Waals surface area contributed by atoms with Crippen LogP contribution in [0.3, 0.4) is 0 Å². The Kier molecular flexibility index (Phi) is 5.38. The van der Waals surface area contributed by atoms with Gasteiger partial charge in [-0.05, 0) is 41.2 Å². The average molecular weight is 290 g/mol. The highest BCUT2D eigenvalue weighted by atomic mass is 32.2. The lowest BCUT2D eigenvalue weighted by Crippen LogP contribution is -2.48. The molecule has 0 spiro atoms. The molecule has 19 heavy (non-hydrogen) atoms. The molecule has 1 heterocycles. The van der Waals surface area contributed by atoms with Gasteiger partial charge in [-0.1, -0.05) is 0 Å². The van der Waals surface area contributed by atoms with Gasteiger partial charge < -0.3 is 4.90 Å². The highest BCUT2D eigenvalue weighted by Gasteiger charge is 2.32. The van der Waals surface area contributed by atoms with E-state index in [1.54, 1.807) is 0 Å². The summed E-state index contributed by atoms with van der Waals surface area (Å²) in [6.07, 6.45) is 0.634. The minimum Gasteiger partial charge on any atom is -0.337 e. The molecule has 0 aromatic carbocycles. The van der Waals surface area contributed by atoms with Gasteiger partial charge in [-0.25, -0.2) is 8.42 Å². The van der Waals surface area contributed by atoms with Crippen LogP contribution in [-0.2, 0) is 14.6 Å². The van der Waals surface area contributed by atoms with Gasteiger partial charge in [0, 0.05) is 18.1 Å². The zero-order chi connectivity index (χ0) is 14.8. The van der Waals surface area contributed by atoms with Crippen molar-refractivity contribution in [2.24, 2.45) is 0 Å². The molecule has 0 aromatic heterocycles. The lowest BCUT2D eigenvalue weighted by Gasteiger charge is -2.33. The van der Waals surface area contributed by atoms with Crippen molar-refractivity contribution in [3.05, 3.63) is 0 Å². The molecule has 1 saturated heterocycles. The van der Waals surface area contributed by atoms with Gasteiger partial charge in [0.05, 0.1) is 18.1 Å². The minimum absolute atomic E-state index is 0.0184. The van der Waals surface area contributed by atoms with E-state index < -0.39 is 9.84 Å². The molecule has 0 saturated carbocycles. The third-order valence-electron chi connectivity index (χ3n) is 3.62. The van der Waals surface area contributed by atoms with E-state index in [4.69, 9.17) is 0 Å². The second kappa shape index (κ2) is 6.22. The molecule has 1 fully saturated rings. The van der Waals surface area contributed by atoms with Crippen molar-refractivity contribution in [2.75, 3.05) is 25.1 Å². The molecule has 1 amide bonds. The quantitative estimate of drug-likeness (QED) is 0.750. The van der Waals surface area contributed by atoms with Crippen LogP contribution >= 0.6 is 0 Å². The van der Waals surface area contributed by atoms with E-state index in [1.165, 1.54) is 0 Å². The molecule has 0 aliphatic carbocycles. The Balaban J connectivity index is 2.61. The van der Waals surface area contributed by atoms with Gasteiger partial charge in [0.2, 0.25) is 5.91 Å². The minimum atomic E-state index is -2.90. The van der Waals surface area contributed by atoms with Crippen LogP contribution in [0.1, 0.15) is 34.1 Å². The number of carbonyl (C=O) groups is 1. The van der Waals surface area contributed by atoms with Crippen molar-refractivity contribution in [3.8, 4) is 0 Å². The highest BCUT2D eigenvalue weighted by molar-refractivity contribution is 7.91. The Hall–Kier alpha value is -0.620. The molecule has 1 rings (SSSR count). The van der Waals surface area contributed by atoms with Crippen LogP contribution in [0.15, 0.2) is 0 Å². The Morgan fingerprint density at radius 1 is 1.21 bits per heavy atom. The molecule has 6 heteroatoms. The Bertz CT molecular complexity index is 410. The molecular weight excluding hydrogens is 264 g/mol. The number of amides is 1. The Morgan fingerprint density at radius 2 is 1.74 bits per heavy atom. The van der Waals surface area contributed by atoms with E-state index in [2.05, 4.69) is 0 Å². The monoisotopic (exact) mass is 290 g/mol. The van der Waals surface area contributed by atoms with Crippen LogP contribution in [0.2, 0.25) is 0 Å². The summed E-state index contributed by atoms with van der Waals surface area (Å²) in [4.78, 5) is 16.0. The van der Waals surface area contributed by atoms with E-state index in [0.29, 0.717) is 6.42 Å². The molecule has 1 aliphatic rings. The summed E-state index contributed by atoms with van der Waals surface area (Å²) in [6.45, 7) is 8.28. The van der Waals surface area contributed by atoms with Crippen LogP contribution in [-0.4, -0.2) is 67.3 Å². The Morgan fingerprint density at radius 3 is 2.11 bits per heavy atom. The largest absolute Gasteiger partial charge is 0.337 e. The zero-order valence-corrected chi connectivity index (χ0v) is 13.4. The lowest BCUT2D eigenvalue weighted by molar-refractivity contribution is -0.136. The van der Waals surface area contributed by atoms with Gasteiger partial charge in [0.1, 0.15) is 0 Å². The number of hydrogen-bond donors (Lipinski definition) is 0. The maximum atomic E-state index is 12.3. The summed E-state index contributed by atoms with van der Waals surface area (Å²) in [5.41, 5.74) is 0. The van der Waals surface area contributed by atoms with Crippen molar-refractivity contribution >= 4 is 15.7 Å². The summed E-state index contributed by atoms with van der Waals surface area (Å²) < 4.78 is 22.9. The topological polar surface area (TPSA) is 57.7 Å². The lowest BCUT2D eigenvalue weighted by atomic mass is 10.2. The SMILES string of the molecule is CC(C)N(C(=O)CN(C)[C@@H]1CCS(=O)(=O)C1)C(C)C. The fourth-order valence-electron chi connectivity index (χ4n) is 2.72. The fourth-order valence-corrected chi connectivity index (χ4v) is 4.52. The third-order valence-corrected chi connectivity index (χ3v) is 5.37. The smallest absolute Gasteiger partial charge is 0.237 e. The molecule has 5 nitrogen and oxygen atoms in total. The molecule has 0 bridgehead atoms. The van der Waals surface area contributed by atoms with E-state index in [1.807, 2.05) is 44.5 Å². The second-order valence-corrected chi connectivity index (χ2v) is 8.19. The van der Waals surface area contributed by atoms with E-state index >= 15 is 0 Å². The van der Waals surface area contributed by atoms with E-state index in [-0.39, 0.29) is 42.1 Å². The zero-order valence-electron chi connectivity index (χ0n) is 12.6. The first-order valence-corrected chi connectivity index (χ1v) is 8.68. The van der Waals surface area contributed by atoms with Crippen molar-refractivity contribution in [1.29, 1.82) is 0 Å². The molecule has 1 atom stereocenters. The van der Waals surface area contributed by atoms with Gasteiger partial charge >= 0.3 is 0 Å². The first kappa shape index (κ1) is 16.4. The van der Waals surface area contributed by atoms with Gasteiger partial charge in [-0.3, -0.25) is 9.69 Å². The summed E-state index contributed by atoms with van der Waals surface area (Å²) >= 11 is 0. The van der Waals surface area contributed by atoms with Crippen molar-refractivity contribution < 1.29 is 13.2 Å². The van der Waals surface area contributed by atoms with Crippen molar-refractivity contribution in [3.63, 3.8) is 0 Å². The maximum absolute atomic E-state index is 12.3. The van der Waals surface area contributed by atoms with Crippen LogP contribution in [0, 0.1) is 0 Å². The molecule has 0 radical (unpaired) electrons. The van der Waals surface area contributed by atoms with E-state index in [0.717, 1.165) is 0 Å². The third kappa shape index (κ3) is 4.45. The van der Waals surface area contributed by atoms with Crippen LogP contribution < -0.4 is 0 Å². The molecule has 0 aromatic rings. The van der Waals surface area contributed by atoms with Crippen LogP contribution in [0.25, 0.3) is 0 Å². The van der Waals surface area contributed by atoms with Gasteiger partial charge in [-0.15, -0.1) is 0 Å². The second-order valence-electron chi connectivity index (χ2n) is 5.96. The average Bonchev–Trinajstić information content (AvgIpc) is 2.57.